The Morgan fingerprint density at radius 3 is 2.26 bits per heavy atom. The molecule has 4 amide bonds. The zero-order valence-electron chi connectivity index (χ0n) is 31.4. The lowest BCUT2D eigenvalue weighted by Crippen LogP contribution is -2.58. The number of nitrogens with zero attached hydrogens (tertiary/aromatic N) is 1. The lowest BCUT2D eigenvalue weighted by Gasteiger charge is -2.40. The summed E-state index contributed by atoms with van der Waals surface area (Å²) in [6.45, 7) is 13.2. The number of ether oxygens (including phenoxy) is 2. The van der Waals surface area contributed by atoms with Gasteiger partial charge in [-0.2, -0.15) is 0 Å². The predicted octanol–water partition coefficient (Wildman–Crippen LogP) is 5.31. The van der Waals surface area contributed by atoms with Crippen LogP contribution in [0.2, 0.25) is 0 Å². The number of nitrogens with one attached hydrogen (secondary N) is 3. The first kappa shape index (κ1) is 40.0. The van der Waals surface area contributed by atoms with Gasteiger partial charge in [0.1, 0.15) is 29.5 Å². The van der Waals surface area contributed by atoms with E-state index in [1.807, 2.05) is 74.5 Å². The van der Waals surface area contributed by atoms with Gasteiger partial charge in [0.25, 0.3) is 15.9 Å². The summed E-state index contributed by atoms with van der Waals surface area (Å²) in [7, 11) is -4.38. The Balaban J connectivity index is 1.34. The molecule has 1 aliphatic heterocycles. The van der Waals surface area contributed by atoms with Crippen LogP contribution in [0.25, 0.3) is 0 Å². The minimum absolute atomic E-state index is 0.00791. The summed E-state index contributed by atoms with van der Waals surface area (Å²) in [6, 6.07) is 23.8. The minimum Gasteiger partial charge on any atom is -0.489 e. The number of hydrogen-bond donors (Lipinski definition) is 3. The molecule has 1 heterocycles. The van der Waals surface area contributed by atoms with Crippen molar-refractivity contribution in [2.24, 2.45) is 17.8 Å². The van der Waals surface area contributed by atoms with Gasteiger partial charge in [-0.05, 0) is 68.7 Å². The Morgan fingerprint density at radius 2 is 1.65 bits per heavy atom. The molecule has 1 aliphatic carbocycles. The maximum atomic E-state index is 14.4. The van der Waals surface area contributed by atoms with Gasteiger partial charge in [0.15, 0.2) is 0 Å². The third kappa shape index (κ3) is 9.67. The molecule has 0 aromatic heterocycles. The number of rotatable bonds is 13. The van der Waals surface area contributed by atoms with Gasteiger partial charge in [-0.1, -0.05) is 86.7 Å². The van der Waals surface area contributed by atoms with Crippen LogP contribution in [-0.2, 0) is 35.8 Å². The van der Waals surface area contributed by atoms with Crippen molar-refractivity contribution in [2.75, 3.05) is 13.1 Å². The Bertz CT molecular complexity index is 1950. The van der Waals surface area contributed by atoms with E-state index in [4.69, 9.17) is 9.47 Å². The number of sulfonamides is 1. The topological polar surface area (TPSA) is 160 Å². The van der Waals surface area contributed by atoms with Crippen LogP contribution >= 0.6 is 0 Å². The summed E-state index contributed by atoms with van der Waals surface area (Å²) in [5, 5.41) is 5.60. The molecule has 0 bridgehead atoms. The van der Waals surface area contributed by atoms with Crippen molar-refractivity contribution >= 4 is 33.8 Å². The van der Waals surface area contributed by atoms with Crippen molar-refractivity contribution in [3.63, 3.8) is 0 Å². The molecule has 54 heavy (non-hydrogen) atoms. The van der Waals surface area contributed by atoms with Crippen molar-refractivity contribution in [1.82, 2.24) is 20.3 Å². The molecule has 288 valence electrons. The first-order valence-electron chi connectivity index (χ1n) is 18.1. The molecule has 0 spiro atoms. The Morgan fingerprint density at radius 1 is 0.981 bits per heavy atom. The molecule has 3 aromatic rings. The van der Waals surface area contributed by atoms with E-state index >= 15 is 0 Å². The molecule has 13 heteroatoms. The summed E-state index contributed by atoms with van der Waals surface area (Å²) in [5.41, 5.74) is -0.540. The molecule has 5 atom stereocenters. The van der Waals surface area contributed by atoms with Gasteiger partial charge in [0.2, 0.25) is 11.8 Å². The number of hydrogen-bond acceptors (Lipinski definition) is 8. The van der Waals surface area contributed by atoms with Crippen LogP contribution in [0.15, 0.2) is 102 Å². The molecule has 2 aliphatic rings. The maximum Gasteiger partial charge on any atom is 0.408 e. The molecule has 2 fully saturated rings. The van der Waals surface area contributed by atoms with Crippen molar-refractivity contribution < 1.29 is 37.1 Å². The normalized spacial score (nSPS) is 21.7. The van der Waals surface area contributed by atoms with Gasteiger partial charge in [-0.25, -0.2) is 17.9 Å². The second kappa shape index (κ2) is 16.5. The summed E-state index contributed by atoms with van der Waals surface area (Å²) in [6.07, 6.45) is 1.38. The van der Waals surface area contributed by atoms with Crippen LogP contribution in [0.1, 0.15) is 64.5 Å². The van der Waals surface area contributed by atoms with E-state index in [9.17, 15) is 27.6 Å². The molecule has 1 saturated carbocycles. The highest BCUT2D eigenvalue weighted by Gasteiger charge is 2.61. The highest BCUT2D eigenvalue weighted by atomic mass is 32.2. The van der Waals surface area contributed by atoms with Gasteiger partial charge in [-0.15, -0.1) is 6.58 Å². The average Bonchev–Trinajstić information content (AvgIpc) is 3.86. The lowest BCUT2D eigenvalue weighted by molar-refractivity contribution is -0.140. The number of likely N-dealkylation sites (tertiary alicyclic amines) is 1. The quantitative estimate of drug-likeness (QED) is 0.198. The molecule has 3 aromatic carbocycles. The van der Waals surface area contributed by atoms with Crippen molar-refractivity contribution in [3.05, 3.63) is 109 Å². The highest BCUT2D eigenvalue weighted by Crippen LogP contribution is 2.46. The molecular weight excluding hydrogens is 709 g/mol. The number of carbonyl (C=O) groups is 4. The smallest absolute Gasteiger partial charge is 0.408 e. The third-order valence-electron chi connectivity index (χ3n) is 9.74. The molecule has 12 nitrogen and oxygen atoms in total. The number of benzene rings is 3. The Kier molecular flexibility index (Phi) is 12.2. The van der Waals surface area contributed by atoms with Gasteiger partial charge < -0.3 is 25.0 Å². The van der Waals surface area contributed by atoms with Crippen LogP contribution in [0.3, 0.4) is 0 Å². The molecule has 5 rings (SSSR count). The van der Waals surface area contributed by atoms with Crippen LogP contribution in [0, 0.1) is 17.8 Å². The fourth-order valence-electron chi connectivity index (χ4n) is 6.75. The third-order valence-corrected chi connectivity index (χ3v) is 11.1. The lowest BCUT2D eigenvalue weighted by atomic mass is 9.79. The average molecular weight is 759 g/mol. The predicted molar refractivity (Wildman–Crippen MR) is 204 cm³/mol. The van der Waals surface area contributed by atoms with E-state index in [0.29, 0.717) is 18.7 Å². The van der Waals surface area contributed by atoms with Crippen LogP contribution in [0.4, 0.5) is 4.79 Å². The molecule has 0 radical (unpaired) electrons. The van der Waals surface area contributed by atoms with Gasteiger partial charge in [-0.3, -0.25) is 14.4 Å². The zero-order valence-corrected chi connectivity index (χ0v) is 32.2. The van der Waals surface area contributed by atoms with E-state index in [1.54, 1.807) is 31.7 Å². The summed E-state index contributed by atoms with van der Waals surface area (Å²) in [4.78, 5) is 56.3. The Labute approximate surface area is 317 Å². The van der Waals surface area contributed by atoms with Crippen LogP contribution < -0.4 is 20.1 Å². The van der Waals surface area contributed by atoms with E-state index in [-0.39, 0.29) is 42.2 Å². The van der Waals surface area contributed by atoms with E-state index in [0.717, 1.165) is 11.1 Å². The number of carbonyl (C=O) groups excluding carboxylic acids is 4. The second-order valence-corrected chi connectivity index (χ2v) is 16.9. The Hall–Kier alpha value is -5.17. The van der Waals surface area contributed by atoms with Crippen molar-refractivity contribution in [1.29, 1.82) is 0 Å². The van der Waals surface area contributed by atoms with Gasteiger partial charge in [0.05, 0.1) is 10.8 Å². The monoisotopic (exact) mass is 758 g/mol. The summed E-state index contributed by atoms with van der Waals surface area (Å²) in [5.74, 6) is -3.37. The summed E-state index contributed by atoms with van der Waals surface area (Å²) < 4.78 is 40.5. The van der Waals surface area contributed by atoms with Gasteiger partial charge >= 0.3 is 6.09 Å². The number of piperidine rings is 1. The minimum atomic E-state index is -4.38. The SMILES string of the molecule is C=C[C@@H]1C[C@]1(NC(=O)[C@@H]1CN(C(=O)[C@@H](NC(=O)OC(C)(C)C)C(C)C)CC[C@H]1c1ccccc1)C(=O)NS(=O)(=O)c1cccc(OCc2ccccc2)c1. The fourth-order valence-corrected chi connectivity index (χ4v) is 7.83. The fraction of sp³-hybridized carbons (Fsp3) is 0.415. The van der Waals surface area contributed by atoms with Crippen molar-refractivity contribution in [2.45, 2.75) is 82.1 Å². The van der Waals surface area contributed by atoms with E-state index in [1.165, 1.54) is 24.3 Å². The second-order valence-electron chi connectivity index (χ2n) is 15.3. The number of amides is 4. The van der Waals surface area contributed by atoms with Crippen LogP contribution in [0.5, 0.6) is 5.75 Å². The first-order chi connectivity index (χ1) is 25.5. The zero-order chi connectivity index (χ0) is 39.3. The molecule has 3 N–H and O–H groups in total. The largest absolute Gasteiger partial charge is 0.489 e. The van der Waals surface area contributed by atoms with Gasteiger partial charge in [0, 0.05) is 25.1 Å². The standard InChI is InChI=1S/C41H50N4O8S/c1-7-30-24-41(30,38(48)44-54(50,51)32-20-14-19-31(23-32)52-26-28-15-10-8-11-16-28)43-36(46)34-25-45(22-21-33(34)29-17-12-9-13-18-29)37(47)35(27(2)3)42-39(49)53-40(4,5)6/h7-20,23,27,30,33-35H,1,21-22,24-26H2,2-6H3,(H,42,49)(H,43,46)(H,44,48)/t30-,33+,34-,35+,41-/m1/s1. The van der Waals surface area contributed by atoms with Crippen LogP contribution in [-0.4, -0.2) is 67.4 Å². The van der Waals surface area contributed by atoms with E-state index < -0.39 is 56.9 Å². The molecular formula is C41H50N4O8S. The molecule has 1 saturated heterocycles. The van der Waals surface area contributed by atoms with Crippen molar-refractivity contribution in [3.8, 4) is 5.75 Å². The number of alkyl carbamates (subject to hydrolysis) is 1. The molecule has 0 unspecified atom stereocenters. The highest BCUT2D eigenvalue weighted by molar-refractivity contribution is 7.90. The summed E-state index contributed by atoms with van der Waals surface area (Å²) >= 11 is 0. The first-order valence-corrected chi connectivity index (χ1v) is 19.6. The maximum absolute atomic E-state index is 14.4. The van der Waals surface area contributed by atoms with E-state index in [2.05, 4.69) is 21.9 Å².